The number of nitro groups is 1. The van der Waals surface area contributed by atoms with Crippen molar-refractivity contribution in [2.75, 3.05) is 19.7 Å². The first-order chi connectivity index (χ1) is 9.02. The normalized spacial score (nSPS) is 12.4. The maximum absolute atomic E-state index is 11.1. The number of likely N-dealkylation sites (N-methyl/N-ethyl adjacent to an activating group) is 1. The molecule has 19 heavy (non-hydrogen) atoms. The fourth-order valence-corrected chi connectivity index (χ4v) is 2.29. The van der Waals surface area contributed by atoms with Gasteiger partial charge in [-0.3, -0.25) is 15.0 Å². The first kappa shape index (κ1) is 15.5. The van der Waals surface area contributed by atoms with Crippen LogP contribution in [0.3, 0.4) is 0 Å². The second-order valence-electron chi connectivity index (χ2n) is 3.97. The van der Waals surface area contributed by atoms with Gasteiger partial charge in [0.1, 0.15) is 0 Å². The predicted octanol–water partition coefficient (Wildman–Crippen LogP) is 1.24. The van der Waals surface area contributed by atoms with Crippen molar-refractivity contribution in [3.63, 3.8) is 0 Å². The lowest BCUT2D eigenvalue weighted by molar-refractivity contribution is -0.385. The topological polar surface area (TPSA) is 92.6 Å². The molecular formula is C12H17N3O3S. The number of thiocarbonyl (C=S) groups is 1. The van der Waals surface area contributed by atoms with Gasteiger partial charge >= 0.3 is 0 Å². The Balaban J connectivity index is 3.26. The van der Waals surface area contributed by atoms with Gasteiger partial charge in [-0.2, -0.15) is 0 Å². The smallest absolute Gasteiger partial charge is 0.274 e. The maximum Gasteiger partial charge on any atom is 0.274 e. The van der Waals surface area contributed by atoms with Crippen LogP contribution in [0.2, 0.25) is 0 Å². The van der Waals surface area contributed by atoms with E-state index in [-0.39, 0.29) is 17.3 Å². The van der Waals surface area contributed by atoms with Gasteiger partial charge in [0.2, 0.25) is 0 Å². The van der Waals surface area contributed by atoms with Crippen molar-refractivity contribution in [3.8, 4) is 0 Å². The molecule has 1 aromatic carbocycles. The van der Waals surface area contributed by atoms with Crippen molar-refractivity contribution < 1.29 is 10.0 Å². The highest BCUT2D eigenvalue weighted by Crippen LogP contribution is 2.29. The van der Waals surface area contributed by atoms with Crippen molar-refractivity contribution in [1.82, 2.24) is 4.90 Å². The molecule has 7 heteroatoms. The standard InChI is InChI=1S/C12H17N3O3S/c1-2-14(7-8-16)11(12(13)19)9-5-3-4-6-10(9)15(17)18/h3-6,11,16H,2,7-8H2,1H3,(H2,13,19). The SMILES string of the molecule is CCN(CCO)C(C(N)=S)c1ccccc1[N+](=O)[O-]. The molecule has 0 saturated heterocycles. The third-order valence-electron chi connectivity index (χ3n) is 2.86. The molecule has 1 rings (SSSR count). The van der Waals surface area contributed by atoms with E-state index < -0.39 is 11.0 Å². The van der Waals surface area contributed by atoms with Crippen molar-refractivity contribution >= 4 is 22.9 Å². The summed E-state index contributed by atoms with van der Waals surface area (Å²) >= 11 is 5.03. The number of aliphatic hydroxyl groups excluding tert-OH is 1. The molecule has 3 N–H and O–H groups in total. The number of hydrogen-bond donors (Lipinski definition) is 2. The summed E-state index contributed by atoms with van der Waals surface area (Å²) in [5.41, 5.74) is 6.17. The number of rotatable bonds is 7. The summed E-state index contributed by atoms with van der Waals surface area (Å²) < 4.78 is 0. The minimum Gasteiger partial charge on any atom is -0.395 e. The number of nitro benzene ring substituents is 1. The molecule has 1 atom stereocenters. The summed E-state index contributed by atoms with van der Waals surface area (Å²) in [4.78, 5) is 12.6. The lowest BCUT2D eigenvalue weighted by Crippen LogP contribution is -2.38. The minimum atomic E-state index is -0.547. The van der Waals surface area contributed by atoms with Gasteiger partial charge in [0.15, 0.2) is 0 Å². The van der Waals surface area contributed by atoms with E-state index >= 15 is 0 Å². The Bertz CT molecular complexity index is 467. The molecule has 0 fully saturated rings. The molecule has 0 aliphatic rings. The van der Waals surface area contributed by atoms with Crippen molar-refractivity contribution in [2.45, 2.75) is 13.0 Å². The molecular weight excluding hydrogens is 266 g/mol. The van der Waals surface area contributed by atoms with Crippen LogP contribution in [0.15, 0.2) is 24.3 Å². The quantitative estimate of drug-likeness (QED) is 0.444. The fraction of sp³-hybridized carbons (Fsp3) is 0.417. The summed E-state index contributed by atoms with van der Waals surface area (Å²) in [7, 11) is 0. The summed E-state index contributed by atoms with van der Waals surface area (Å²) in [5.74, 6) is 0. The summed E-state index contributed by atoms with van der Waals surface area (Å²) in [6, 6.07) is 5.82. The highest BCUT2D eigenvalue weighted by molar-refractivity contribution is 7.80. The molecule has 0 radical (unpaired) electrons. The van der Waals surface area contributed by atoms with E-state index in [2.05, 4.69) is 0 Å². The monoisotopic (exact) mass is 283 g/mol. The van der Waals surface area contributed by atoms with E-state index in [0.29, 0.717) is 18.7 Å². The lowest BCUT2D eigenvalue weighted by Gasteiger charge is -2.29. The van der Waals surface area contributed by atoms with E-state index in [4.69, 9.17) is 23.1 Å². The van der Waals surface area contributed by atoms with Crippen LogP contribution in [0.1, 0.15) is 18.5 Å². The Labute approximate surface area is 117 Å². The molecule has 0 bridgehead atoms. The van der Waals surface area contributed by atoms with Crippen LogP contribution in [0.5, 0.6) is 0 Å². The van der Waals surface area contributed by atoms with E-state index in [1.165, 1.54) is 6.07 Å². The summed E-state index contributed by atoms with van der Waals surface area (Å²) in [6.07, 6.45) is 0. The number of aliphatic hydroxyl groups is 1. The van der Waals surface area contributed by atoms with Crippen molar-refractivity contribution in [1.29, 1.82) is 0 Å². The average molecular weight is 283 g/mol. The molecule has 0 aromatic heterocycles. The second-order valence-corrected chi connectivity index (χ2v) is 4.44. The van der Waals surface area contributed by atoms with E-state index in [0.717, 1.165) is 0 Å². The van der Waals surface area contributed by atoms with Crippen LogP contribution in [0, 0.1) is 10.1 Å². The van der Waals surface area contributed by atoms with Gasteiger partial charge in [0.25, 0.3) is 5.69 Å². The van der Waals surface area contributed by atoms with Gasteiger partial charge in [-0.05, 0) is 6.54 Å². The molecule has 6 nitrogen and oxygen atoms in total. The van der Waals surface area contributed by atoms with Crippen LogP contribution in [0.4, 0.5) is 5.69 Å². The highest BCUT2D eigenvalue weighted by atomic mass is 32.1. The van der Waals surface area contributed by atoms with E-state index in [1.54, 1.807) is 18.2 Å². The molecule has 0 aliphatic heterocycles. The van der Waals surface area contributed by atoms with Gasteiger partial charge in [0, 0.05) is 12.6 Å². The Morgan fingerprint density at radius 2 is 2.21 bits per heavy atom. The molecule has 1 unspecified atom stereocenters. The first-order valence-corrected chi connectivity index (χ1v) is 6.31. The maximum atomic E-state index is 11.1. The van der Waals surface area contributed by atoms with Gasteiger partial charge < -0.3 is 10.8 Å². The number of hydrogen-bond acceptors (Lipinski definition) is 5. The third-order valence-corrected chi connectivity index (χ3v) is 3.08. The predicted molar refractivity (Wildman–Crippen MR) is 77.0 cm³/mol. The van der Waals surface area contributed by atoms with Crippen LogP contribution >= 0.6 is 12.2 Å². The number of para-hydroxylation sites is 1. The third kappa shape index (κ3) is 3.69. The molecule has 104 valence electrons. The van der Waals surface area contributed by atoms with Gasteiger partial charge in [-0.15, -0.1) is 0 Å². The van der Waals surface area contributed by atoms with E-state index in [1.807, 2.05) is 11.8 Å². The highest BCUT2D eigenvalue weighted by Gasteiger charge is 2.28. The summed E-state index contributed by atoms with van der Waals surface area (Å²) in [5, 5.41) is 20.1. The fourth-order valence-electron chi connectivity index (χ4n) is 2.01. The van der Waals surface area contributed by atoms with Crippen LogP contribution in [0.25, 0.3) is 0 Å². The Hall–Kier alpha value is -1.57. The lowest BCUT2D eigenvalue weighted by atomic mass is 10.0. The average Bonchev–Trinajstić information content (AvgIpc) is 2.38. The Morgan fingerprint density at radius 1 is 1.58 bits per heavy atom. The van der Waals surface area contributed by atoms with Crippen molar-refractivity contribution in [3.05, 3.63) is 39.9 Å². The van der Waals surface area contributed by atoms with Crippen LogP contribution in [-0.2, 0) is 0 Å². The summed E-state index contributed by atoms with van der Waals surface area (Å²) in [6.45, 7) is 2.75. The van der Waals surface area contributed by atoms with Crippen LogP contribution < -0.4 is 5.73 Å². The zero-order chi connectivity index (χ0) is 14.4. The first-order valence-electron chi connectivity index (χ1n) is 5.90. The molecule has 0 aliphatic carbocycles. The Kier molecular flexibility index (Phi) is 5.81. The van der Waals surface area contributed by atoms with Crippen LogP contribution in [-0.4, -0.2) is 39.6 Å². The number of benzene rings is 1. The largest absolute Gasteiger partial charge is 0.395 e. The molecule has 0 amide bonds. The van der Waals surface area contributed by atoms with E-state index in [9.17, 15) is 10.1 Å². The molecule has 0 spiro atoms. The molecule has 0 heterocycles. The van der Waals surface area contributed by atoms with Crippen molar-refractivity contribution in [2.24, 2.45) is 5.73 Å². The van der Waals surface area contributed by atoms with Gasteiger partial charge in [-0.1, -0.05) is 37.3 Å². The second kappa shape index (κ2) is 7.13. The zero-order valence-corrected chi connectivity index (χ0v) is 11.5. The zero-order valence-electron chi connectivity index (χ0n) is 10.7. The number of nitrogens with two attached hydrogens (primary N) is 1. The minimum absolute atomic E-state index is 0.0170. The number of nitrogens with zero attached hydrogens (tertiary/aromatic N) is 2. The van der Waals surface area contributed by atoms with Gasteiger partial charge in [0.05, 0.1) is 28.1 Å². The Morgan fingerprint density at radius 3 is 2.68 bits per heavy atom. The van der Waals surface area contributed by atoms with Gasteiger partial charge in [-0.25, -0.2) is 0 Å². The molecule has 1 aromatic rings. The molecule has 0 saturated carbocycles.